The molecule has 1 N–H and O–H groups in total. The molecule has 1 nitrogen and oxygen atoms in total. The molecule has 0 saturated heterocycles. The first kappa shape index (κ1) is 14.1. The van der Waals surface area contributed by atoms with Crippen LogP contribution in [0.15, 0.2) is 48.6 Å². The van der Waals surface area contributed by atoms with Crippen molar-refractivity contribution in [3.05, 3.63) is 54.1 Å². The minimum atomic E-state index is -0.782. The molecule has 1 fully saturated rings. The molecule has 0 aliphatic heterocycles. The van der Waals surface area contributed by atoms with Crippen LogP contribution in [0.2, 0.25) is 0 Å². The van der Waals surface area contributed by atoms with Gasteiger partial charge in [-0.2, -0.15) is 0 Å². The summed E-state index contributed by atoms with van der Waals surface area (Å²) < 4.78 is 0. The lowest BCUT2D eigenvalue weighted by Crippen LogP contribution is -2.42. The molecular formula is C18H24O. The summed E-state index contributed by atoms with van der Waals surface area (Å²) in [4.78, 5) is 0. The van der Waals surface area contributed by atoms with E-state index in [1.54, 1.807) is 0 Å². The average Bonchev–Trinajstić information content (AvgIpc) is 2.47. The fourth-order valence-corrected chi connectivity index (χ4v) is 3.21. The molecule has 19 heavy (non-hydrogen) atoms. The van der Waals surface area contributed by atoms with Crippen molar-refractivity contribution >= 4 is 5.57 Å². The van der Waals surface area contributed by atoms with Crippen LogP contribution in [0.3, 0.4) is 0 Å². The van der Waals surface area contributed by atoms with Crippen LogP contribution in [0.4, 0.5) is 0 Å². The Kier molecular flexibility index (Phi) is 4.26. The van der Waals surface area contributed by atoms with Gasteiger partial charge in [-0.1, -0.05) is 61.4 Å². The van der Waals surface area contributed by atoms with Crippen molar-refractivity contribution in [2.45, 2.75) is 45.1 Å². The summed E-state index contributed by atoms with van der Waals surface area (Å²) in [5.74, 6) is 0.207. The number of aliphatic hydroxyl groups is 1. The Balaban J connectivity index is 2.35. The number of benzene rings is 1. The molecule has 0 bridgehead atoms. The molecule has 0 aromatic heterocycles. The van der Waals surface area contributed by atoms with Gasteiger partial charge in [-0.25, -0.2) is 0 Å². The maximum absolute atomic E-state index is 11.2. The van der Waals surface area contributed by atoms with E-state index >= 15 is 0 Å². The van der Waals surface area contributed by atoms with Crippen LogP contribution in [0.5, 0.6) is 0 Å². The second-order valence-electron chi connectivity index (χ2n) is 5.60. The van der Waals surface area contributed by atoms with Crippen molar-refractivity contribution < 1.29 is 5.11 Å². The van der Waals surface area contributed by atoms with Crippen LogP contribution in [-0.4, -0.2) is 10.7 Å². The topological polar surface area (TPSA) is 20.2 Å². The summed E-state index contributed by atoms with van der Waals surface area (Å²) in [5, 5.41) is 11.2. The van der Waals surface area contributed by atoms with E-state index in [-0.39, 0.29) is 5.92 Å². The second kappa shape index (κ2) is 5.75. The molecule has 1 aromatic carbocycles. The van der Waals surface area contributed by atoms with Crippen LogP contribution >= 0.6 is 0 Å². The number of rotatable bonds is 3. The molecular weight excluding hydrogens is 232 g/mol. The smallest absolute Gasteiger partial charge is 0.0961 e. The third-order valence-corrected chi connectivity index (χ3v) is 4.53. The monoisotopic (exact) mass is 256 g/mol. The molecule has 1 aromatic rings. The Morgan fingerprint density at radius 2 is 2.00 bits per heavy atom. The minimum Gasteiger partial charge on any atom is -0.385 e. The molecule has 2 atom stereocenters. The van der Waals surface area contributed by atoms with Crippen LogP contribution in [0, 0.1) is 5.92 Å². The van der Waals surface area contributed by atoms with Crippen LogP contribution < -0.4 is 0 Å². The fourth-order valence-electron chi connectivity index (χ4n) is 3.21. The highest BCUT2D eigenvalue weighted by Gasteiger charge is 2.42. The van der Waals surface area contributed by atoms with Gasteiger partial charge < -0.3 is 5.11 Å². The lowest BCUT2D eigenvalue weighted by molar-refractivity contribution is 0.0209. The molecule has 1 aliphatic carbocycles. The first-order valence-electron chi connectivity index (χ1n) is 7.19. The quantitative estimate of drug-likeness (QED) is 0.784. The Morgan fingerprint density at radius 1 is 1.32 bits per heavy atom. The van der Waals surface area contributed by atoms with E-state index in [0.717, 1.165) is 30.4 Å². The number of hydrogen-bond donors (Lipinski definition) is 1. The molecule has 0 spiro atoms. The lowest BCUT2D eigenvalue weighted by atomic mass is 9.67. The van der Waals surface area contributed by atoms with Gasteiger partial charge in [-0.05, 0) is 37.8 Å². The molecule has 2 rings (SSSR count). The summed E-state index contributed by atoms with van der Waals surface area (Å²) in [5.41, 5.74) is 2.43. The molecule has 0 heterocycles. The van der Waals surface area contributed by atoms with Gasteiger partial charge in [-0.15, -0.1) is 0 Å². The first-order chi connectivity index (χ1) is 9.09. The van der Waals surface area contributed by atoms with Crippen LogP contribution in [0.1, 0.15) is 45.1 Å². The summed E-state index contributed by atoms with van der Waals surface area (Å²) in [6.45, 7) is 8.39. The largest absolute Gasteiger partial charge is 0.385 e. The molecule has 2 unspecified atom stereocenters. The molecule has 0 amide bonds. The Hall–Kier alpha value is -1.34. The summed E-state index contributed by atoms with van der Waals surface area (Å²) >= 11 is 0. The highest BCUT2D eigenvalue weighted by Crippen LogP contribution is 2.45. The third kappa shape index (κ3) is 2.66. The second-order valence-corrected chi connectivity index (χ2v) is 5.60. The van der Waals surface area contributed by atoms with E-state index in [1.165, 1.54) is 12.0 Å². The molecule has 1 heteroatoms. The predicted molar refractivity (Wildman–Crippen MR) is 81.8 cm³/mol. The van der Waals surface area contributed by atoms with Gasteiger partial charge in [0.05, 0.1) is 5.60 Å². The van der Waals surface area contributed by atoms with Gasteiger partial charge in [0.15, 0.2) is 0 Å². The van der Waals surface area contributed by atoms with E-state index in [1.807, 2.05) is 30.3 Å². The van der Waals surface area contributed by atoms with Gasteiger partial charge >= 0.3 is 0 Å². The van der Waals surface area contributed by atoms with Crippen molar-refractivity contribution in [3.8, 4) is 0 Å². The summed E-state index contributed by atoms with van der Waals surface area (Å²) in [6, 6.07) is 10.1. The van der Waals surface area contributed by atoms with E-state index in [9.17, 15) is 5.11 Å². The Bertz CT molecular complexity index is 472. The molecule has 1 saturated carbocycles. The Morgan fingerprint density at radius 3 is 2.63 bits per heavy atom. The van der Waals surface area contributed by atoms with Crippen molar-refractivity contribution in [3.63, 3.8) is 0 Å². The van der Waals surface area contributed by atoms with Crippen molar-refractivity contribution in [2.75, 3.05) is 0 Å². The average molecular weight is 256 g/mol. The van der Waals surface area contributed by atoms with Gasteiger partial charge in [-0.3, -0.25) is 0 Å². The first-order valence-corrected chi connectivity index (χ1v) is 7.19. The predicted octanol–water partition coefficient (Wildman–Crippen LogP) is 4.59. The van der Waals surface area contributed by atoms with Gasteiger partial charge in [0, 0.05) is 5.92 Å². The van der Waals surface area contributed by atoms with Gasteiger partial charge in [0.2, 0.25) is 0 Å². The minimum absolute atomic E-state index is 0.207. The molecule has 0 radical (unpaired) electrons. The SMILES string of the molecule is C=C(c1ccccc1)C1(O)CCCCC1/C(C)=C/C. The van der Waals surface area contributed by atoms with Gasteiger partial charge in [0.25, 0.3) is 0 Å². The summed E-state index contributed by atoms with van der Waals surface area (Å²) in [7, 11) is 0. The summed E-state index contributed by atoms with van der Waals surface area (Å²) in [6.07, 6.45) is 6.27. The highest BCUT2D eigenvalue weighted by molar-refractivity contribution is 5.71. The Labute approximate surface area is 116 Å². The zero-order valence-corrected chi connectivity index (χ0v) is 12.0. The lowest BCUT2D eigenvalue weighted by Gasteiger charge is -2.42. The molecule has 102 valence electrons. The fraction of sp³-hybridized carbons (Fsp3) is 0.444. The van der Waals surface area contributed by atoms with E-state index in [2.05, 4.69) is 26.5 Å². The number of allylic oxidation sites excluding steroid dienone is 1. The van der Waals surface area contributed by atoms with Crippen molar-refractivity contribution in [2.24, 2.45) is 5.92 Å². The van der Waals surface area contributed by atoms with E-state index in [4.69, 9.17) is 0 Å². The van der Waals surface area contributed by atoms with Gasteiger partial charge in [0.1, 0.15) is 0 Å². The third-order valence-electron chi connectivity index (χ3n) is 4.53. The van der Waals surface area contributed by atoms with E-state index in [0.29, 0.717) is 0 Å². The van der Waals surface area contributed by atoms with Crippen molar-refractivity contribution in [1.29, 1.82) is 0 Å². The maximum Gasteiger partial charge on any atom is 0.0961 e. The van der Waals surface area contributed by atoms with E-state index < -0.39 is 5.60 Å². The number of hydrogen-bond acceptors (Lipinski definition) is 1. The molecule has 1 aliphatic rings. The highest BCUT2D eigenvalue weighted by atomic mass is 16.3. The van der Waals surface area contributed by atoms with Crippen LogP contribution in [-0.2, 0) is 0 Å². The normalized spacial score (nSPS) is 28.2. The zero-order valence-electron chi connectivity index (χ0n) is 12.0. The van der Waals surface area contributed by atoms with Crippen LogP contribution in [0.25, 0.3) is 5.57 Å². The zero-order chi connectivity index (χ0) is 13.9. The van der Waals surface area contributed by atoms with Crippen molar-refractivity contribution in [1.82, 2.24) is 0 Å². The standard InChI is InChI=1S/C18H24O/c1-4-14(2)17-12-8-9-13-18(17,19)15(3)16-10-6-5-7-11-16/h4-7,10-11,17,19H,3,8-9,12-13H2,1-2H3/b14-4+. The maximum atomic E-state index is 11.2.